The first kappa shape index (κ1) is 25.7. The predicted octanol–water partition coefficient (Wildman–Crippen LogP) is 3.14. The molecule has 3 unspecified atom stereocenters. The fourth-order valence-corrected chi connectivity index (χ4v) is 5.62. The van der Waals surface area contributed by atoms with Gasteiger partial charge >= 0.3 is 19.4 Å². The van der Waals surface area contributed by atoms with E-state index in [1.54, 1.807) is 19.9 Å². The van der Waals surface area contributed by atoms with Crippen LogP contribution in [-0.2, 0) is 22.9 Å². The Bertz CT molecular complexity index is 1320. The summed E-state index contributed by atoms with van der Waals surface area (Å²) in [5, 5.41) is 2.45. The van der Waals surface area contributed by atoms with E-state index in [1.165, 1.54) is 18.2 Å². The number of ether oxygens (including phenoxy) is 3. The molecule has 0 bridgehead atoms. The third kappa shape index (κ3) is 4.99. The normalized spacial score (nSPS) is 30.1. The molecule has 5 atom stereocenters. The van der Waals surface area contributed by atoms with E-state index in [0.717, 1.165) is 6.20 Å². The molecule has 1 amide bonds. The Morgan fingerprint density at radius 1 is 1.27 bits per heavy atom. The lowest BCUT2D eigenvalue weighted by Crippen LogP contribution is -2.45. The number of hydrogen-bond donors (Lipinski definition) is 1. The second kappa shape index (κ2) is 9.44. The van der Waals surface area contributed by atoms with E-state index in [0.29, 0.717) is 22.7 Å². The summed E-state index contributed by atoms with van der Waals surface area (Å²) in [5.74, 6) is -3.65. The van der Waals surface area contributed by atoms with Crippen LogP contribution in [-0.4, -0.2) is 59.0 Å². The number of phosphoric ester groups is 1. The molecule has 5 rings (SSSR count). The van der Waals surface area contributed by atoms with E-state index in [9.17, 15) is 14.2 Å². The van der Waals surface area contributed by atoms with Gasteiger partial charge in [0.15, 0.2) is 17.6 Å². The Morgan fingerprint density at radius 3 is 2.78 bits per heavy atom. The van der Waals surface area contributed by atoms with Gasteiger partial charge in [0, 0.05) is 11.8 Å². The number of phosphoric acid groups is 1. The summed E-state index contributed by atoms with van der Waals surface area (Å²) in [4.78, 5) is 29.0. The number of carbonyl (C=O) groups is 1. The van der Waals surface area contributed by atoms with Crippen molar-refractivity contribution in [1.29, 1.82) is 0 Å². The maximum absolute atomic E-state index is 15.2. The third-order valence-corrected chi connectivity index (χ3v) is 7.29. The number of carbonyl (C=O) groups excluding carboxylic acids is 1. The molecule has 2 saturated heterocycles. The van der Waals surface area contributed by atoms with Crippen LogP contribution in [0.4, 0.5) is 14.6 Å². The average Bonchev–Trinajstić information content (AvgIpc) is 3.07. The Labute approximate surface area is 209 Å². The highest BCUT2D eigenvalue weighted by molar-refractivity contribution is 7.48. The molecule has 3 aliphatic rings. The third-order valence-electron chi connectivity index (χ3n) is 5.66. The lowest BCUT2D eigenvalue weighted by Gasteiger charge is -2.32. The van der Waals surface area contributed by atoms with Crippen LogP contribution in [0.1, 0.15) is 37.4 Å². The molecule has 2 aromatic rings. The zero-order valence-corrected chi connectivity index (χ0v) is 20.9. The van der Waals surface area contributed by atoms with Gasteiger partial charge < -0.3 is 19.5 Å². The van der Waals surface area contributed by atoms with Gasteiger partial charge in [0.25, 0.3) is 5.91 Å². The molecule has 200 valence electrons. The summed E-state index contributed by atoms with van der Waals surface area (Å²) in [6, 6.07) is 5.75. The fourth-order valence-electron chi connectivity index (χ4n) is 4.05. The van der Waals surface area contributed by atoms with E-state index in [1.807, 2.05) is 6.92 Å². The molecule has 0 radical (unpaired) electrons. The van der Waals surface area contributed by atoms with Crippen LogP contribution in [0.25, 0.3) is 0 Å². The van der Waals surface area contributed by atoms with Crippen LogP contribution in [0.3, 0.4) is 0 Å². The van der Waals surface area contributed by atoms with E-state index in [2.05, 4.69) is 10.3 Å². The number of alkyl halides is 2. The molecule has 0 spiro atoms. The van der Waals surface area contributed by atoms with Crippen molar-refractivity contribution in [3.8, 4) is 11.5 Å². The number of aromatic nitrogens is 2. The first-order valence-electron chi connectivity index (χ1n) is 11.4. The number of rotatable bonds is 5. The van der Waals surface area contributed by atoms with Crippen molar-refractivity contribution in [2.75, 3.05) is 18.5 Å². The number of benzene rings is 1. The molecule has 15 heteroatoms. The minimum Gasteiger partial charge on any atom is -0.486 e. The zero-order chi connectivity index (χ0) is 26.5. The Morgan fingerprint density at radius 2 is 2.05 bits per heavy atom. The number of fused-ring (bicyclic) bond motifs is 2. The summed E-state index contributed by atoms with van der Waals surface area (Å²) in [6.45, 7) is 4.81. The number of nitrogens with zero attached hydrogens (tertiary/aromatic N) is 2. The molecule has 0 saturated carbocycles. The molecule has 0 aliphatic carbocycles. The summed E-state index contributed by atoms with van der Waals surface area (Å²) in [7, 11) is -4.24. The number of anilines is 1. The second-order valence-electron chi connectivity index (χ2n) is 8.98. The number of hydrogen-bond acceptors (Lipinski definition) is 10. The highest BCUT2D eigenvalue weighted by Gasteiger charge is 2.65. The van der Waals surface area contributed by atoms with Crippen LogP contribution in [0.2, 0.25) is 0 Å². The quantitative estimate of drug-likeness (QED) is 0.560. The van der Waals surface area contributed by atoms with Gasteiger partial charge in [-0.1, -0.05) is 0 Å². The van der Waals surface area contributed by atoms with E-state index >= 15 is 8.78 Å². The molecule has 4 heterocycles. The zero-order valence-electron chi connectivity index (χ0n) is 20.0. The van der Waals surface area contributed by atoms with Gasteiger partial charge in [0.1, 0.15) is 24.6 Å². The Kier molecular flexibility index (Phi) is 6.57. The lowest BCUT2D eigenvalue weighted by molar-refractivity contribution is -0.139. The fraction of sp³-hybridized carbons (Fsp3) is 0.500. The topological polar surface area (TPSA) is 136 Å². The van der Waals surface area contributed by atoms with Gasteiger partial charge in [0.2, 0.25) is 6.23 Å². The summed E-state index contributed by atoms with van der Waals surface area (Å²) in [5.41, 5.74) is -0.901. The van der Waals surface area contributed by atoms with E-state index in [4.69, 9.17) is 27.8 Å². The maximum Gasteiger partial charge on any atom is 0.475 e. The molecule has 12 nitrogen and oxygen atoms in total. The standard InChI is InChI=1S/C22H24F2N3O9P/c1-11(2)35-37(30)32-10-16-18(36-37)22(23,24)20(34-16)27-7-6-17(26-21(27)29)25-19(28)13-4-5-14-15(8-13)33-12(3)9-31-14/h4-8,11-12,16,18,20H,9-10H2,1-3H3,(H,25,26,28,29)/t12?,16-,18-,20?,37?/m1/s1. The monoisotopic (exact) mass is 543 g/mol. The molecule has 3 aliphatic heterocycles. The number of nitrogens with one attached hydrogen (secondary N) is 1. The highest BCUT2D eigenvalue weighted by Crippen LogP contribution is 2.60. The van der Waals surface area contributed by atoms with Gasteiger partial charge in [0.05, 0.1) is 12.7 Å². The summed E-state index contributed by atoms with van der Waals surface area (Å²) < 4.78 is 75.2. The minimum absolute atomic E-state index is 0.164. The molecule has 1 aromatic heterocycles. The van der Waals surface area contributed by atoms with Crippen LogP contribution in [0.5, 0.6) is 11.5 Å². The molecular formula is C22H24F2N3O9P. The molecule has 1 aromatic carbocycles. The van der Waals surface area contributed by atoms with Crippen LogP contribution in [0.15, 0.2) is 35.3 Å². The van der Waals surface area contributed by atoms with Crippen LogP contribution in [0, 0.1) is 0 Å². The summed E-state index contributed by atoms with van der Waals surface area (Å²) >= 11 is 0. The maximum atomic E-state index is 15.2. The van der Waals surface area contributed by atoms with Crippen molar-refractivity contribution in [3.63, 3.8) is 0 Å². The molecule has 37 heavy (non-hydrogen) atoms. The van der Waals surface area contributed by atoms with Crippen molar-refractivity contribution in [3.05, 3.63) is 46.5 Å². The van der Waals surface area contributed by atoms with Gasteiger partial charge in [-0.3, -0.25) is 22.9 Å². The SMILES string of the molecule is CC(C)OP1(=O)OC[C@H]2OC(n3ccc(NC(=O)c4ccc5c(c4)OC(C)CO5)nc3=O)C(F)(F)[C@@H]2O1. The molecule has 2 fully saturated rings. The van der Waals surface area contributed by atoms with Crippen LogP contribution < -0.4 is 20.5 Å². The first-order valence-corrected chi connectivity index (χ1v) is 12.9. The van der Waals surface area contributed by atoms with Gasteiger partial charge in [-0.2, -0.15) is 13.8 Å². The van der Waals surface area contributed by atoms with Crippen molar-refractivity contribution in [2.24, 2.45) is 0 Å². The molecule has 1 N–H and O–H groups in total. The van der Waals surface area contributed by atoms with Crippen molar-refractivity contribution in [2.45, 2.75) is 57.3 Å². The van der Waals surface area contributed by atoms with E-state index < -0.39 is 56.5 Å². The second-order valence-corrected chi connectivity index (χ2v) is 10.6. The molecular weight excluding hydrogens is 519 g/mol. The average molecular weight is 543 g/mol. The van der Waals surface area contributed by atoms with Crippen LogP contribution >= 0.6 is 7.82 Å². The number of halogens is 2. The van der Waals surface area contributed by atoms with Crippen molar-refractivity contribution >= 4 is 19.5 Å². The Hall–Kier alpha value is -2.90. The first-order chi connectivity index (χ1) is 17.4. The summed E-state index contributed by atoms with van der Waals surface area (Å²) in [6.07, 6.45) is -5.17. The highest BCUT2D eigenvalue weighted by atomic mass is 31.2. The van der Waals surface area contributed by atoms with Gasteiger partial charge in [-0.15, -0.1) is 0 Å². The van der Waals surface area contributed by atoms with Gasteiger partial charge in [-0.05, 0) is 45.0 Å². The smallest absolute Gasteiger partial charge is 0.475 e. The van der Waals surface area contributed by atoms with Crippen molar-refractivity contribution < 1.29 is 45.9 Å². The minimum atomic E-state index is -4.24. The number of amides is 1. The van der Waals surface area contributed by atoms with E-state index in [-0.39, 0.29) is 17.5 Å². The largest absolute Gasteiger partial charge is 0.486 e. The predicted molar refractivity (Wildman–Crippen MR) is 122 cm³/mol. The van der Waals surface area contributed by atoms with Crippen molar-refractivity contribution in [1.82, 2.24) is 9.55 Å². The lowest BCUT2D eigenvalue weighted by atomic mass is 10.1. The Balaban J connectivity index is 1.32. The van der Waals surface area contributed by atoms with Gasteiger partial charge in [-0.25, -0.2) is 9.36 Å².